The van der Waals surface area contributed by atoms with E-state index in [9.17, 15) is 13.2 Å². The first-order valence-corrected chi connectivity index (χ1v) is 8.24. The topological polar surface area (TPSA) is 119 Å². The molecule has 7 nitrogen and oxygen atoms in total. The zero-order valence-electron chi connectivity index (χ0n) is 22.9. The Labute approximate surface area is 160 Å². The van der Waals surface area contributed by atoms with Gasteiger partial charge < -0.3 is 15.2 Å². The molecule has 0 atom stereocenters. The molecule has 0 aliphatic rings. The summed E-state index contributed by atoms with van der Waals surface area (Å²) in [4.78, 5) is 11.0. The molecule has 0 unspecified atom stereocenters. The van der Waals surface area contributed by atoms with Crippen LogP contribution in [0.2, 0.25) is 4.24 Å². The number of sulfonamides is 1. The standard InChI is InChI=1S/C17H20N2O5S/c1-2-3-9-19-14-10-12(17(20)21)11-15(25(18,22)23)16(14)24-13-7-5-4-6-8-13/h4-8,10-11,19H,2-3,9H2,1H3,(H,20,21)(H2,18,22,23)/i2D2,3D2,9D2/hD4. The summed E-state index contributed by atoms with van der Waals surface area (Å²) in [5.41, 5.74) is -1.63. The van der Waals surface area contributed by atoms with Crippen molar-refractivity contribution in [3.05, 3.63) is 48.0 Å². The molecule has 0 fully saturated rings. The normalized spacial score (nSPS) is 18.6. The lowest BCUT2D eigenvalue weighted by molar-refractivity contribution is 0.0696. The van der Waals surface area contributed by atoms with Crippen molar-refractivity contribution in [3.8, 4) is 11.5 Å². The van der Waals surface area contributed by atoms with Gasteiger partial charge in [0.15, 0.2) is 7.16 Å². The molecule has 4 N–H and O–H groups in total. The number of aromatic carboxylic acids is 1. The second kappa shape index (κ2) is 8.00. The fourth-order valence-electron chi connectivity index (χ4n) is 1.83. The van der Waals surface area contributed by atoms with E-state index >= 15 is 0 Å². The van der Waals surface area contributed by atoms with Gasteiger partial charge in [-0.05, 0) is 30.6 Å². The number of para-hydroxylation sites is 1. The van der Waals surface area contributed by atoms with Crippen molar-refractivity contribution >= 4 is 21.7 Å². The van der Waals surface area contributed by atoms with Crippen molar-refractivity contribution < 1.29 is 35.5 Å². The van der Waals surface area contributed by atoms with E-state index in [0.717, 1.165) is 6.92 Å². The molecule has 2 aromatic rings. The van der Waals surface area contributed by atoms with Crippen LogP contribution < -0.4 is 15.2 Å². The van der Waals surface area contributed by atoms with Crippen LogP contribution in [0.3, 0.4) is 0 Å². The molecule has 2 aromatic carbocycles. The Morgan fingerprint density at radius 2 is 2.20 bits per heavy atom. The van der Waals surface area contributed by atoms with Gasteiger partial charge in [-0.2, -0.15) is 0 Å². The average Bonchev–Trinajstić information content (AvgIpc) is 2.77. The van der Waals surface area contributed by atoms with E-state index in [1.165, 1.54) is 24.3 Å². The number of carboxylic acid groups (broad SMARTS) is 1. The van der Waals surface area contributed by atoms with Crippen LogP contribution in [-0.2, 0) is 10.0 Å². The minimum Gasteiger partial charge on any atom is -0.478 e. The summed E-state index contributed by atoms with van der Waals surface area (Å²) in [6.45, 7) is -2.77. The van der Waals surface area contributed by atoms with E-state index < -0.39 is 62.3 Å². The summed E-state index contributed by atoms with van der Waals surface area (Å²) in [7, 11) is -5.08. The number of ether oxygens (including phenoxy) is 1. The van der Waals surface area contributed by atoms with Gasteiger partial charge in [-0.1, -0.05) is 31.5 Å². The van der Waals surface area contributed by atoms with Gasteiger partial charge in [0.2, 0.25) is 10.0 Å². The molecule has 0 saturated carbocycles. The minimum absolute atomic E-state index is 0.0506. The lowest BCUT2D eigenvalue weighted by atomic mass is 10.1. The Hall–Kier alpha value is -2.58. The summed E-state index contributed by atoms with van der Waals surface area (Å²) < 4.78 is 108. The van der Waals surface area contributed by atoms with E-state index in [0.29, 0.717) is 12.1 Å². The molecule has 134 valence electrons. The molecule has 0 heterocycles. The Kier molecular flexibility index (Phi) is 2.95. The number of benzene rings is 2. The van der Waals surface area contributed by atoms with Crippen molar-refractivity contribution in [2.24, 2.45) is 5.13 Å². The van der Waals surface area contributed by atoms with Crippen molar-refractivity contribution in [1.29, 1.82) is 1.43 Å². The van der Waals surface area contributed by atoms with Crippen LogP contribution >= 0.6 is 0 Å². The average molecular weight is 374 g/mol. The Morgan fingerprint density at radius 3 is 2.84 bits per heavy atom. The molecular formula is C17H20N2O5S. The first-order valence-electron chi connectivity index (χ1n) is 11.5. The number of hydrogen-bond acceptors (Lipinski definition) is 6. The largest absolute Gasteiger partial charge is 0.478 e. The first-order chi connectivity index (χ1) is 15.9. The van der Waals surface area contributed by atoms with Crippen molar-refractivity contribution in [2.75, 3.05) is 11.8 Å². The van der Waals surface area contributed by atoms with E-state index in [4.69, 9.17) is 18.6 Å². The molecule has 0 aliphatic carbocycles. The van der Waals surface area contributed by atoms with Gasteiger partial charge in [-0.15, -0.1) is 0 Å². The second-order valence-electron chi connectivity index (χ2n) is 4.60. The van der Waals surface area contributed by atoms with Crippen LogP contribution in [0.15, 0.2) is 47.4 Å². The van der Waals surface area contributed by atoms with Gasteiger partial charge in [0.05, 0.1) is 11.3 Å². The van der Waals surface area contributed by atoms with E-state index in [1.807, 2.05) is 0 Å². The van der Waals surface area contributed by atoms with Crippen LogP contribution in [0.25, 0.3) is 1.43 Å². The van der Waals surface area contributed by atoms with Crippen LogP contribution in [0.5, 0.6) is 11.5 Å². The molecule has 0 aliphatic heterocycles. The van der Waals surface area contributed by atoms with Gasteiger partial charge in [0.1, 0.15) is 13.5 Å². The number of anilines is 1. The van der Waals surface area contributed by atoms with E-state index in [-0.39, 0.29) is 11.1 Å². The quantitative estimate of drug-likeness (QED) is 0.621. The van der Waals surface area contributed by atoms with Crippen molar-refractivity contribution in [2.45, 2.75) is 24.6 Å². The third-order valence-corrected chi connectivity index (χ3v) is 3.73. The number of carbonyl (C=O) groups is 1. The first kappa shape index (κ1) is 9.21. The Bertz CT molecular complexity index is 1190. The molecule has 0 aromatic heterocycles. The van der Waals surface area contributed by atoms with Crippen LogP contribution in [0.1, 0.15) is 38.3 Å². The van der Waals surface area contributed by atoms with Crippen molar-refractivity contribution in [1.82, 2.24) is 0 Å². The SMILES string of the molecule is [2H]OC(=O)c1cc(N([2H])C([2H])([2H])C([2H])([2H])C([2H])([2H])C)c(Oc2ccccc2)c(S(=O)(=O)N([2H])[2H])c1. The van der Waals surface area contributed by atoms with E-state index in [1.54, 1.807) is 6.07 Å². The van der Waals surface area contributed by atoms with Crippen molar-refractivity contribution in [3.63, 3.8) is 0 Å². The third-order valence-electron chi connectivity index (χ3n) is 2.87. The lowest BCUT2D eigenvalue weighted by Crippen LogP contribution is -2.16. The highest BCUT2D eigenvalue weighted by Gasteiger charge is 2.23. The predicted octanol–water partition coefficient (Wildman–Crippen LogP) is 3.04. The number of nitrogens with two attached hydrogens (primary N) is 1. The zero-order valence-corrected chi connectivity index (χ0v) is 13.7. The highest BCUT2D eigenvalue weighted by atomic mass is 32.2. The van der Waals surface area contributed by atoms with Gasteiger partial charge in [0.25, 0.3) is 1.43 Å². The molecule has 2 rings (SSSR count). The Morgan fingerprint density at radius 1 is 1.44 bits per heavy atom. The van der Waals surface area contributed by atoms with E-state index in [2.05, 4.69) is 5.11 Å². The summed E-state index contributed by atoms with van der Waals surface area (Å²) in [5, 5.41) is 2.88. The fourth-order valence-corrected chi connectivity index (χ4v) is 2.49. The smallest absolute Gasteiger partial charge is 0.335 e. The summed E-state index contributed by atoms with van der Waals surface area (Å²) in [5.74, 6) is -2.38. The maximum Gasteiger partial charge on any atom is 0.335 e. The van der Waals surface area contributed by atoms with Crippen LogP contribution in [0, 0.1) is 0 Å². The third kappa shape index (κ3) is 4.94. The zero-order chi connectivity index (χ0) is 27.0. The highest BCUT2D eigenvalue weighted by molar-refractivity contribution is 7.89. The molecule has 8 heteroatoms. The number of carboxylic acids is 1. The number of primary sulfonamides is 1. The summed E-state index contributed by atoms with van der Waals surface area (Å²) >= 11 is 0. The number of nitrogens with one attached hydrogen (secondary N) is 1. The lowest BCUT2D eigenvalue weighted by Gasteiger charge is -2.17. The van der Waals surface area contributed by atoms with Gasteiger partial charge in [-0.3, -0.25) is 0 Å². The van der Waals surface area contributed by atoms with Crippen LogP contribution in [0.4, 0.5) is 5.69 Å². The van der Waals surface area contributed by atoms with Gasteiger partial charge in [0, 0.05) is 14.7 Å². The second-order valence-corrected chi connectivity index (χ2v) is 5.99. The summed E-state index contributed by atoms with van der Waals surface area (Å²) in [6.07, 6.45) is -6.23. The highest BCUT2D eigenvalue weighted by Crippen LogP contribution is 2.37. The fraction of sp³-hybridized carbons (Fsp3) is 0.235. The Balaban J connectivity index is 2.97. The van der Waals surface area contributed by atoms with Gasteiger partial charge >= 0.3 is 5.97 Å². The molecule has 0 spiro atoms. The molecule has 0 radical (unpaired) electrons. The molecule has 25 heavy (non-hydrogen) atoms. The monoisotopic (exact) mass is 374 g/mol. The maximum atomic E-state index is 12.8. The molecule has 0 amide bonds. The molecular weight excluding hydrogens is 344 g/mol. The minimum atomic E-state index is -5.08. The maximum absolute atomic E-state index is 12.8. The summed E-state index contributed by atoms with van der Waals surface area (Å²) in [6, 6.07) is 8.51. The van der Waals surface area contributed by atoms with Crippen LogP contribution in [-0.4, -0.2) is 26.0 Å². The van der Waals surface area contributed by atoms with Gasteiger partial charge in [-0.25, -0.2) is 18.3 Å². The molecule has 0 saturated heterocycles. The molecule has 0 bridgehead atoms. The number of hydrogen-bond donors (Lipinski definition) is 3. The number of rotatable bonds is 9. The predicted molar refractivity (Wildman–Crippen MR) is 94.7 cm³/mol.